The summed E-state index contributed by atoms with van der Waals surface area (Å²) in [5.74, 6) is 0.0307. The maximum atomic E-state index is 11.1. The van der Waals surface area contributed by atoms with Crippen molar-refractivity contribution in [3.8, 4) is 0 Å². The molecule has 0 spiro atoms. The second-order valence-corrected chi connectivity index (χ2v) is 8.78. The van der Waals surface area contributed by atoms with Crippen molar-refractivity contribution in [3.63, 3.8) is 0 Å². The molecule has 0 bridgehead atoms. The van der Waals surface area contributed by atoms with Crippen LogP contribution in [0.1, 0.15) is 30.0 Å². The van der Waals surface area contributed by atoms with Crippen molar-refractivity contribution in [2.75, 3.05) is 66.0 Å². The standard InChI is InChI=1S/C32H41NO6/c1-2-31(34)33-18-19-35-20-21-36-22-23-37-24-25-38-26-27-39-32(28-12-6-3-7-13-28,29-14-8-4-9-15-29)30-16-10-5-11-17-30/h3-17H,2,18-27H2,1H3,(H,33,34). The van der Waals surface area contributed by atoms with E-state index in [2.05, 4.69) is 41.7 Å². The van der Waals surface area contributed by atoms with E-state index in [9.17, 15) is 4.79 Å². The van der Waals surface area contributed by atoms with Crippen LogP contribution in [0.5, 0.6) is 0 Å². The van der Waals surface area contributed by atoms with E-state index in [-0.39, 0.29) is 5.91 Å². The summed E-state index contributed by atoms with van der Waals surface area (Å²) in [4.78, 5) is 11.1. The number of benzene rings is 3. The molecule has 1 N–H and O–H groups in total. The van der Waals surface area contributed by atoms with Crippen molar-refractivity contribution >= 4 is 5.91 Å². The largest absolute Gasteiger partial charge is 0.377 e. The molecule has 7 nitrogen and oxygen atoms in total. The van der Waals surface area contributed by atoms with E-state index < -0.39 is 5.60 Å². The van der Waals surface area contributed by atoms with Gasteiger partial charge in [-0.1, -0.05) is 97.9 Å². The highest BCUT2D eigenvalue weighted by Gasteiger charge is 2.37. The van der Waals surface area contributed by atoms with E-state index >= 15 is 0 Å². The van der Waals surface area contributed by atoms with E-state index in [1.807, 2.05) is 61.5 Å². The molecule has 0 aliphatic rings. The third-order valence-electron chi connectivity index (χ3n) is 6.09. The van der Waals surface area contributed by atoms with Crippen molar-refractivity contribution < 1.29 is 28.5 Å². The maximum Gasteiger partial charge on any atom is 0.219 e. The summed E-state index contributed by atoms with van der Waals surface area (Å²) in [5, 5.41) is 2.76. The first-order valence-electron chi connectivity index (χ1n) is 13.7. The van der Waals surface area contributed by atoms with Gasteiger partial charge in [-0.25, -0.2) is 0 Å². The Morgan fingerprint density at radius 3 is 1.31 bits per heavy atom. The summed E-state index contributed by atoms with van der Waals surface area (Å²) in [5.41, 5.74) is 2.46. The lowest BCUT2D eigenvalue weighted by Crippen LogP contribution is -2.34. The van der Waals surface area contributed by atoms with Crippen molar-refractivity contribution in [2.24, 2.45) is 0 Å². The van der Waals surface area contributed by atoms with Crippen molar-refractivity contribution in [1.82, 2.24) is 5.32 Å². The zero-order chi connectivity index (χ0) is 27.4. The number of nitrogens with one attached hydrogen (secondary N) is 1. The molecule has 0 fully saturated rings. The van der Waals surface area contributed by atoms with E-state index in [0.717, 1.165) is 16.7 Å². The van der Waals surface area contributed by atoms with Gasteiger partial charge in [0.25, 0.3) is 0 Å². The Kier molecular flexibility index (Phi) is 14.3. The molecular weight excluding hydrogens is 494 g/mol. The number of carbonyl (C=O) groups is 1. The Morgan fingerprint density at radius 2 is 0.923 bits per heavy atom. The first kappa shape index (κ1) is 30.5. The highest BCUT2D eigenvalue weighted by Crippen LogP contribution is 2.40. The Hall–Kier alpha value is -3.07. The van der Waals surface area contributed by atoms with Gasteiger partial charge >= 0.3 is 0 Å². The van der Waals surface area contributed by atoms with Crippen LogP contribution in [0.25, 0.3) is 0 Å². The van der Waals surface area contributed by atoms with Gasteiger partial charge in [0.2, 0.25) is 5.91 Å². The summed E-state index contributed by atoms with van der Waals surface area (Å²) >= 11 is 0. The summed E-state index contributed by atoms with van der Waals surface area (Å²) in [7, 11) is 0. The number of ether oxygens (including phenoxy) is 5. The summed E-state index contributed by atoms with van der Waals surface area (Å²) < 4.78 is 29.0. The molecule has 0 heterocycles. The fourth-order valence-corrected chi connectivity index (χ4v) is 4.17. The molecule has 39 heavy (non-hydrogen) atoms. The molecule has 0 atom stereocenters. The van der Waals surface area contributed by atoms with Gasteiger partial charge in [-0.2, -0.15) is 0 Å². The van der Waals surface area contributed by atoms with Crippen LogP contribution in [0, 0.1) is 0 Å². The molecule has 0 radical (unpaired) electrons. The topological polar surface area (TPSA) is 75.3 Å². The van der Waals surface area contributed by atoms with Crippen molar-refractivity contribution in [3.05, 3.63) is 108 Å². The van der Waals surface area contributed by atoms with Gasteiger partial charge < -0.3 is 29.0 Å². The predicted molar refractivity (Wildman–Crippen MR) is 152 cm³/mol. The normalized spacial score (nSPS) is 11.4. The number of rotatable bonds is 20. The van der Waals surface area contributed by atoms with Gasteiger partial charge in [-0.05, 0) is 16.7 Å². The van der Waals surface area contributed by atoms with Crippen LogP contribution in [0.2, 0.25) is 0 Å². The Labute approximate surface area is 232 Å². The summed E-state index contributed by atoms with van der Waals surface area (Å²) in [6.07, 6.45) is 0.486. The van der Waals surface area contributed by atoms with Crippen LogP contribution in [-0.4, -0.2) is 71.9 Å². The molecular formula is C32H41NO6. The van der Waals surface area contributed by atoms with Crippen LogP contribution < -0.4 is 5.32 Å². The smallest absolute Gasteiger partial charge is 0.219 e. The molecule has 210 valence electrons. The average molecular weight is 536 g/mol. The van der Waals surface area contributed by atoms with E-state index in [1.165, 1.54) is 0 Å². The zero-order valence-electron chi connectivity index (χ0n) is 22.9. The van der Waals surface area contributed by atoms with E-state index in [1.54, 1.807) is 0 Å². The lowest BCUT2D eigenvalue weighted by Gasteiger charge is -2.36. The fraction of sp³-hybridized carbons (Fsp3) is 0.406. The van der Waals surface area contributed by atoms with Gasteiger partial charge in [-0.15, -0.1) is 0 Å². The Morgan fingerprint density at radius 1 is 0.564 bits per heavy atom. The lowest BCUT2D eigenvalue weighted by molar-refractivity contribution is -0.121. The monoisotopic (exact) mass is 535 g/mol. The summed E-state index contributed by atoms with van der Waals surface area (Å²) in [6, 6.07) is 30.9. The van der Waals surface area contributed by atoms with Crippen molar-refractivity contribution in [2.45, 2.75) is 18.9 Å². The average Bonchev–Trinajstić information content (AvgIpc) is 3.00. The molecule has 3 aromatic rings. The molecule has 1 amide bonds. The predicted octanol–water partition coefficient (Wildman–Crippen LogP) is 4.59. The molecule has 3 rings (SSSR count). The number of amides is 1. The van der Waals surface area contributed by atoms with Crippen LogP contribution in [-0.2, 0) is 34.1 Å². The number of hydrogen-bond acceptors (Lipinski definition) is 6. The minimum Gasteiger partial charge on any atom is -0.377 e. The Bertz CT molecular complexity index is 936. The molecule has 0 saturated carbocycles. The first-order chi connectivity index (χ1) is 19.3. The van der Waals surface area contributed by atoms with Crippen LogP contribution in [0.3, 0.4) is 0 Å². The van der Waals surface area contributed by atoms with Crippen molar-refractivity contribution in [1.29, 1.82) is 0 Å². The second-order valence-electron chi connectivity index (χ2n) is 8.78. The van der Waals surface area contributed by atoms with Crippen LogP contribution in [0.15, 0.2) is 91.0 Å². The third-order valence-corrected chi connectivity index (χ3v) is 6.09. The molecule has 0 aromatic heterocycles. The van der Waals surface area contributed by atoms with Gasteiger partial charge in [-0.3, -0.25) is 4.79 Å². The van der Waals surface area contributed by atoms with Crippen LogP contribution in [0.4, 0.5) is 0 Å². The van der Waals surface area contributed by atoms with Crippen LogP contribution >= 0.6 is 0 Å². The first-order valence-corrected chi connectivity index (χ1v) is 13.7. The Balaban J connectivity index is 1.36. The van der Waals surface area contributed by atoms with Gasteiger partial charge in [0.05, 0.1) is 59.5 Å². The third kappa shape index (κ3) is 10.2. The summed E-state index contributed by atoms with van der Waals surface area (Å²) in [6.45, 7) is 6.62. The molecule has 0 unspecified atom stereocenters. The molecule has 3 aromatic carbocycles. The molecule has 0 aliphatic heterocycles. The van der Waals surface area contributed by atoms with Gasteiger partial charge in [0.1, 0.15) is 5.60 Å². The number of carbonyl (C=O) groups excluding carboxylic acids is 1. The van der Waals surface area contributed by atoms with E-state index in [4.69, 9.17) is 23.7 Å². The van der Waals surface area contributed by atoms with Gasteiger partial charge in [0.15, 0.2) is 0 Å². The molecule has 7 heteroatoms. The quantitative estimate of drug-likeness (QED) is 0.169. The lowest BCUT2D eigenvalue weighted by atomic mass is 9.80. The highest BCUT2D eigenvalue weighted by atomic mass is 16.6. The maximum absolute atomic E-state index is 11.1. The highest BCUT2D eigenvalue weighted by molar-refractivity contribution is 5.75. The minimum atomic E-state index is -0.742. The zero-order valence-corrected chi connectivity index (χ0v) is 22.9. The molecule has 0 aliphatic carbocycles. The molecule has 0 saturated heterocycles. The second kappa shape index (κ2) is 18.3. The van der Waals surface area contributed by atoms with Gasteiger partial charge in [0, 0.05) is 13.0 Å². The SMILES string of the molecule is CCC(=O)NCCOCCOCCOCCOCCOC(c1ccccc1)(c1ccccc1)c1ccccc1. The minimum absolute atomic E-state index is 0.0307. The number of hydrogen-bond donors (Lipinski definition) is 1. The van der Waals surface area contributed by atoms with E-state index in [0.29, 0.717) is 72.4 Å². The fourth-order valence-electron chi connectivity index (χ4n) is 4.17.